The van der Waals surface area contributed by atoms with Crippen molar-refractivity contribution in [3.05, 3.63) is 48.5 Å². The van der Waals surface area contributed by atoms with Crippen LogP contribution in [0, 0.1) is 0 Å². The molecular formula is C19H17N3O4S. The monoisotopic (exact) mass is 383 g/mol. The van der Waals surface area contributed by atoms with Crippen molar-refractivity contribution in [2.24, 2.45) is 0 Å². The van der Waals surface area contributed by atoms with Gasteiger partial charge in [0.15, 0.2) is 11.5 Å². The molecule has 8 heteroatoms. The lowest BCUT2D eigenvalue weighted by Crippen LogP contribution is -2.46. The van der Waals surface area contributed by atoms with Crippen molar-refractivity contribution >= 4 is 23.7 Å². The number of thioether (sulfide) groups is 1. The lowest BCUT2D eigenvalue weighted by atomic mass is 10.1. The van der Waals surface area contributed by atoms with Crippen molar-refractivity contribution in [1.82, 2.24) is 10.2 Å². The van der Waals surface area contributed by atoms with Gasteiger partial charge in [-0.3, -0.25) is 10.1 Å². The average Bonchev–Trinajstić information content (AvgIpc) is 3.16. The SMILES string of the molecule is CSc1cccc(-c2nnc(NC(=O)C3Oc4ccccc4OC3C)o2)c1. The Balaban J connectivity index is 1.48. The molecule has 1 amide bonds. The van der Waals surface area contributed by atoms with E-state index in [9.17, 15) is 4.79 Å². The van der Waals surface area contributed by atoms with Crippen LogP contribution in [0.2, 0.25) is 0 Å². The fourth-order valence-corrected chi connectivity index (χ4v) is 3.19. The van der Waals surface area contributed by atoms with Crippen LogP contribution in [0.25, 0.3) is 11.5 Å². The number of carbonyl (C=O) groups excluding carboxylic acids is 1. The molecule has 1 aliphatic heterocycles. The quantitative estimate of drug-likeness (QED) is 0.689. The number of rotatable bonds is 4. The third-order valence-electron chi connectivity index (χ3n) is 4.07. The summed E-state index contributed by atoms with van der Waals surface area (Å²) in [5.41, 5.74) is 0.786. The lowest BCUT2D eigenvalue weighted by Gasteiger charge is -2.30. The topological polar surface area (TPSA) is 86.5 Å². The lowest BCUT2D eigenvalue weighted by molar-refractivity contribution is -0.128. The summed E-state index contributed by atoms with van der Waals surface area (Å²) >= 11 is 1.62. The Labute approximate surface area is 160 Å². The number of carbonyl (C=O) groups is 1. The summed E-state index contributed by atoms with van der Waals surface area (Å²) in [6.45, 7) is 1.77. The molecule has 138 valence electrons. The summed E-state index contributed by atoms with van der Waals surface area (Å²) < 4.78 is 17.1. The summed E-state index contributed by atoms with van der Waals surface area (Å²) in [4.78, 5) is 13.7. The van der Waals surface area contributed by atoms with Crippen LogP contribution < -0.4 is 14.8 Å². The van der Waals surface area contributed by atoms with Crippen LogP contribution in [0.4, 0.5) is 6.01 Å². The molecule has 0 bridgehead atoms. The van der Waals surface area contributed by atoms with Gasteiger partial charge in [-0.05, 0) is 43.5 Å². The zero-order valence-corrected chi connectivity index (χ0v) is 15.5. The fourth-order valence-electron chi connectivity index (χ4n) is 2.73. The highest BCUT2D eigenvalue weighted by Crippen LogP contribution is 2.33. The van der Waals surface area contributed by atoms with Crippen molar-refractivity contribution in [3.63, 3.8) is 0 Å². The minimum absolute atomic E-state index is 0.0132. The molecule has 2 atom stereocenters. The number of ether oxygens (including phenoxy) is 2. The fraction of sp³-hybridized carbons (Fsp3) is 0.211. The molecule has 1 aliphatic rings. The van der Waals surface area contributed by atoms with E-state index in [-0.39, 0.29) is 6.01 Å². The number of anilines is 1. The number of amides is 1. The highest BCUT2D eigenvalue weighted by Gasteiger charge is 2.34. The molecule has 0 saturated carbocycles. The third kappa shape index (κ3) is 3.61. The van der Waals surface area contributed by atoms with E-state index in [1.54, 1.807) is 30.8 Å². The first-order valence-electron chi connectivity index (χ1n) is 8.35. The van der Waals surface area contributed by atoms with E-state index in [2.05, 4.69) is 15.5 Å². The molecule has 27 heavy (non-hydrogen) atoms. The van der Waals surface area contributed by atoms with Crippen LogP contribution in [0.3, 0.4) is 0 Å². The van der Waals surface area contributed by atoms with E-state index >= 15 is 0 Å². The van der Waals surface area contributed by atoms with Gasteiger partial charge < -0.3 is 13.9 Å². The van der Waals surface area contributed by atoms with Crippen molar-refractivity contribution in [3.8, 4) is 23.0 Å². The standard InChI is InChI=1S/C19H17N3O4S/c1-11-16(25-15-9-4-3-8-14(15)24-11)17(23)20-19-22-21-18(26-19)12-6-5-7-13(10-12)27-2/h3-11,16H,1-2H3,(H,20,22,23). The maximum atomic E-state index is 12.6. The summed E-state index contributed by atoms with van der Waals surface area (Å²) in [5.74, 6) is 1.06. The Morgan fingerprint density at radius 3 is 2.63 bits per heavy atom. The minimum atomic E-state index is -0.824. The predicted molar refractivity (Wildman–Crippen MR) is 101 cm³/mol. The second-order valence-electron chi connectivity index (χ2n) is 5.94. The van der Waals surface area contributed by atoms with Crippen LogP contribution in [0.15, 0.2) is 57.8 Å². The van der Waals surface area contributed by atoms with Crippen LogP contribution in [-0.2, 0) is 4.79 Å². The average molecular weight is 383 g/mol. The van der Waals surface area contributed by atoms with Gasteiger partial charge in [0, 0.05) is 10.5 Å². The molecule has 2 heterocycles. The number of nitrogens with zero attached hydrogens (tertiary/aromatic N) is 2. The first-order valence-corrected chi connectivity index (χ1v) is 9.57. The highest BCUT2D eigenvalue weighted by atomic mass is 32.2. The van der Waals surface area contributed by atoms with E-state index in [4.69, 9.17) is 13.9 Å². The Morgan fingerprint density at radius 1 is 1.07 bits per heavy atom. The number of hydrogen-bond donors (Lipinski definition) is 1. The maximum absolute atomic E-state index is 12.6. The molecule has 7 nitrogen and oxygen atoms in total. The van der Waals surface area contributed by atoms with Crippen LogP contribution in [-0.4, -0.2) is 34.6 Å². The van der Waals surface area contributed by atoms with Gasteiger partial charge in [-0.25, -0.2) is 0 Å². The normalized spacial score (nSPS) is 18.1. The zero-order chi connectivity index (χ0) is 18.8. The van der Waals surface area contributed by atoms with Gasteiger partial charge in [0.1, 0.15) is 6.10 Å². The maximum Gasteiger partial charge on any atom is 0.322 e. The van der Waals surface area contributed by atoms with Gasteiger partial charge >= 0.3 is 6.01 Å². The molecular weight excluding hydrogens is 366 g/mol. The molecule has 0 saturated heterocycles. The predicted octanol–water partition coefficient (Wildman–Crippen LogP) is 3.63. The molecule has 3 aromatic rings. The molecule has 1 N–H and O–H groups in total. The summed E-state index contributed by atoms with van der Waals surface area (Å²) in [5, 5.41) is 10.5. The summed E-state index contributed by atoms with van der Waals surface area (Å²) in [7, 11) is 0. The largest absolute Gasteiger partial charge is 0.482 e. The van der Waals surface area contributed by atoms with Gasteiger partial charge in [-0.2, -0.15) is 0 Å². The van der Waals surface area contributed by atoms with E-state index in [1.165, 1.54) is 0 Å². The first kappa shape index (κ1) is 17.4. The summed E-state index contributed by atoms with van der Waals surface area (Å²) in [6, 6.07) is 15.0. The van der Waals surface area contributed by atoms with Gasteiger partial charge in [-0.1, -0.05) is 23.3 Å². The van der Waals surface area contributed by atoms with Crippen molar-refractivity contribution in [2.75, 3.05) is 11.6 Å². The van der Waals surface area contributed by atoms with Crippen LogP contribution in [0.5, 0.6) is 11.5 Å². The van der Waals surface area contributed by atoms with E-state index < -0.39 is 18.1 Å². The van der Waals surface area contributed by atoms with Crippen molar-refractivity contribution < 1.29 is 18.7 Å². The molecule has 2 unspecified atom stereocenters. The van der Waals surface area contributed by atoms with Crippen molar-refractivity contribution in [1.29, 1.82) is 0 Å². The van der Waals surface area contributed by atoms with E-state index in [0.717, 1.165) is 10.5 Å². The Morgan fingerprint density at radius 2 is 1.85 bits per heavy atom. The number of aromatic nitrogens is 2. The molecule has 0 radical (unpaired) electrons. The zero-order valence-electron chi connectivity index (χ0n) is 14.7. The third-order valence-corrected chi connectivity index (χ3v) is 4.80. The van der Waals surface area contributed by atoms with Gasteiger partial charge in [-0.15, -0.1) is 16.9 Å². The molecule has 0 spiro atoms. The van der Waals surface area contributed by atoms with Gasteiger partial charge in [0.05, 0.1) is 0 Å². The smallest absolute Gasteiger partial charge is 0.322 e. The number of hydrogen-bond acceptors (Lipinski definition) is 7. The number of benzene rings is 2. The minimum Gasteiger partial charge on any atom is -0.482 e. The highest BCUT2D eigenvalue weighted by molar-refractivity contribution is 7.98. The molecule has 2 aromatic carbocycles. The Hall–Kier alpha value is -3.00. The molecule has 0 aliphatic carbocycles. The van der Waals surface area contributed by atoms with Crippen LogP contribution in [0.1, 0.15) is 6.92 Å². The number of fused-ring (bicyclic) bond motifs is 1. The van der Waals surface area contributed by atoms with Gasteiger partial charge in [0.2, 0.25) is 12.0 Å². The second kappa shape index (κ2) is 7.32. The summed E-state index contributed by atoms with van der Waals surface area (Å²) in [6.07, 6.45) is 0.708. The van der Waals surface area contributed by atoms with Crippen LogP contribution >= 0.6 is 11.8 Å². The Kier molecular flexibility index (Phi) is 4.72. The van der Waals surface area contributed by atoms with Crippen molar-refractivity contribution in [2.45, 2.75) is 24.0 Å². The van der Waals surface area contributed by atoms with E-state index in [1.807, 2.05) is 42.7 Å². The molecule has 0 fully saturated rings. The number of para-hydroxylation sites is 2. The molecule has 4 rings (SSSR count). The van der Waals surface area contributed by atoms with Gasteiger partial charge in [0.25, 0.3) is 5.91 Å². The molecule has 1 aromatic heterocycles. The number of nitrogens with one attached hydrogen (secondary N) is 1. The Bertz CT molecular complexity index is 975. The van der Waals surface area contributed by atoms with E-state index in [0.29, 0.717) is 17.4 Å². The second-order valence-corrected chi connectivity index (χ2v) is 6.82. The first-order chi connectivity index (χ1) is 13.1.